The van der Waals surface area contributed by atoms with E-state index in [0.717, 1.165) is 5.57 Å². The molecule has 60 valence electrons. The fraction of sp³-hybridized carbons (Fsp3) is 0.250. The minimum Gasteiger partial charge on any atom is -0.365 e. The summed E-state index contributed by atoms with van der Waals surface area (Å²) in [5, 5.41) is 0. The molecule has 0 saturated carbocycles. The van der Waals surface area contributed by atoms with Gasteiger partial charge < -0.3 is 5.73 Å². The van der Waals surface area contributed by atoms with E-state index in [2.05, 4.69) is 6.58 Å². The van der Waals surface area contributed by atoms with Crippen molar-refractivity contribution in [3.8, 4) is 0 Å². The lowest BCUT2D eigenvalue weighted by atomic mass is 10.1. The Morgan fingerprint density at radius 1 is 1.36 bits per heavy atom. The number of rotatable bonds is 3. The van der Waals surface area contributed by atoms with Crippen molar-refractivity contribution in [3.05, 3.63) is 23.8 Å². The second-order valence-electron chi connectivity index (χ2n) is 2.43. The molecule has 0 atom stereocenters. The van der Waals surface area contributed by atoms with Crippen LogP contribution in [0.25, 0.3) is 0 Å². The van der Waals surface area contributed by atoms with Crippen LogP contribution >= 0.6 is 0 Å². The minimum absolute atomic E-state index is 0.175. The van der Waals surface area contributed by atoms with Gasteiger partial charge in [-0.1, -0.05) is 12.2 Å². The molecule has 3 nitrogen and oxygen atoms in total. The van der Waals surface area contributed by atoms with Crippen LogP contribution in [-0.2, 0) is 9.59 Å². The number of ketones is 1. The van der Waals surface area contributed by atoms with Crippen LogP contribution in [0.4, 0.5) is 0 Å². The van der Waals surface area contributed by atoms with E-state index in [1.54, 1.807) is 13.8 Å². The Labute approximate surface area is 65.6 Å². The van der Waals surface area contributed by atoms with E-state index < -0.39 is 11.7 Å². The minimum atomic E-state index is -0.771. The second-order valence-corrected chi connectivity index (χ2v) is 2.43. The summed E-state index contributed by atoms with van der Waals surface area (Å²) in [7, 11) is 0. The largest absolute Gasteiger partial charge is 0.365 e. The predicted molar refractivity (Wildman–Crippen MR) is 42.8 cm³/mol. The van der Waals surface area contributed by atoms with Gasteiger partial charge in [0, 0.05) is 0 Å². The lowest BCUT2D eigenvalue weighted by molar-refractivity contribution is -0.118. The van der Waals surface area contributed by atoms with Crippen LogP contribution in [0.3, 0.4) is 0 Å². The average Bonchev–Trinajstić information content (AvgIpc) is 1.84. The quantitative estimate of drug-likeness (QED) is 0.366. The third-order valence-electron chi connectivity index (χ3n) is 1.01. The third kappa shape index (κ3) is 3.35. The van der Waals surface area contributed by atoms with Gasteiger partial charge in [-0.2, -0.15) is 0 Å². The number of hydrogen-bond acceptors (Lipinski definition) is 2. The Hall–Kier alpha value is -1.38. The van der Waals surface area contributed by atoms with Crippen molar-refractivity contribution in [1.82, 2.24) is 0 Å². The van der Waals surface area contributed by atoms with Crippen molar-refractivity contribution in [2.45, 2.75) is 13.8 Å². The van der Waals surface area contributed by atoms with E-state index in [4.69, 9.17) is 5.73 Å². The molecule has 0 saturated heterocycles. The molecule has 0 aromatic carbocycles. The summed E-state index contributed by atoms with van der Waals surface area (Å²) in [6, 6.07) is 0. The number of amides is 1. The van der Waals surface area contributed by atoms with Crippen LogP contribution in [0.5, 0.6) is 0 Å². The summed E-state index contributed by atoms with van der Waals surface area (Å²) in [6.07, 6.45) is 1.33. The van der Waals surface area contributed by atoms with Gasteiger partial charge in [0.2, 0.25) is 0 Å². The topological polar surface area (TPSA) is 60.2 Å². The molecule has 0 heterocycles. The highest BCUT2D eigenvalue weighted by Gasteiger charge is 2.08. The van der Waals surface area contributed by atoms with E-state index >= 15 is 0 Å². The normalized spacial score (nSPS) is 8.55. The fourth-order valence-corrected chi connectivity index (χ4v) is 0.471. The maximum absolute atomic E-state index is 10.9. The Balaban J connectivity index is 4.41. The van der Waals surface area contributed by atoms with Gasteiger partial charge >= 0.3 is 0 Å². The highest BCUT2D eigenvalue weighted by Crippen LogP contribution is 1.96. The van der Waals surface area contributed by atoms with Gasteiger partial charge in [-0.3, -0.25) is 9.59 Å². The first-order valence-corrected chi connectivity index (χ1v) is 3.13. The molecular weight excluding hydrogens is 142 g/mol. The fourth-order valence-electron chi connectivity index (χ4n) is 0.471. The number of carbonyl (C=O) groups is 2. The smallest absolute Gasteiger partial charge is 0.252 e. The van der Waals surface area contributed by atoms with E-state index in [9.17, 15) is 9.59 Å². The van der Waals surface area contributed by atoms with Crippen molar-refractivity contribution in [1.29, 1.82) is 0 Å². The zero-order valence-corrected chi connectivity index (χ0v) is 6.68. The molecule has 11 heavy (non-hydrogen) atoms. The van der Waals surface area contributed by atoms with E-state index in [0.29, 0.717) is 0 Å². The van der Waals surface area contributed by atoms with Crippen LogP contribution in [-0.4, -0.2) is 11.7 Å². The monoisotopic (exact) mass is 153 g/mol. The van der Waals surface area contributed by atoms with Gasteiger partial charge in [-0.05, 0) is 19.9 Å². The van der Waals surface area contributed by atoms with Gasteiger partial charge in [0.05, 0.1) is 5.57 Å². The molecule has 0 aliphatic heterocycles. The maximum atomic E-state index is 10.9. The van der Waals surface area contributed by atoms with Gasteiger partial charge in [-0.15, -0.1) is 0 Å². The van der Waals surface area contributed by atoms with Gasteiger partial charge in [0.1, 0.15) is 0 Å². The standard InChI is InChI=1S/C8H11NO2/c1-5(2)4-7(10)6(3)8(9)11/h4H,3H2,1-2H3,(H2,9,11). The molecule has 0 fully saturated rings. The summed E-state index contributed by atoms with van der Waals surface area (Å²) >= 11 is 0. The Bertz CT molecular complexity index is 234. The SMILES string of the molecule is C=C(C(N)=O)C(=O)C=C(C)C. The summed E-state index contributed by atoms with van der Waals surface area (Å²) in [6.45, 7) is 6.75. The first-order valence-electron chi connectivity index (χ1n) is 3.13. The van der Waals surface area contributed by atoms with Gasteiger partial charge in [0.15, 0.2) is 5.78 Å². The summed E-state index contributed by atoms with van der Waals surface area (Å²) in [4.78, 5) is 21.3. The highest BCUT2D eigenvalue weighted by atomic mass is 16.2. The molecule has 0 unspecified atom stereocenters. The molecule has 1 amide bonds. The summed E-state index contributed by atoms with van der Waals surface area (Å²) in [5.41, 5.74) is 5.47. The second kappa shape index (κ2) is 3.71. The lowest BCUT2D eigenvalue weighted by Gasteiger charge is -1.94. The summed E-state index contributed by atoms with van der Waals surface area (Å²) < 4.78 is 0. The van der Waals surface area contributed by atoms with E-state index in [1.165, 1.54) is 6.08 Å². The zero-order chi connectivity index (χ0) is 9.02. The van der Waals surface area contributed by atoms with Gasteiger partial charge in [0.25, 0.3) is 5.91 Å². The van der Waals surface area contributed by atoms with Crippen molar-refractivity contribution >= 4 is 11.7 Å². The zero-order valence-electron chi connectivity index (χ0n) is 6.68. The average molecular weight is 153 g/mol. The van der Waals surface area contributed by atoms with Crippen molar-refractivity contribution in [2.24, 2.45) is 5.73 Å². The molecule has 0 aliphatic carbocycles. The van der Waals surface area contributed by atoms with Crippen LogP contribution < -0.4 is 5.73 Å². The molecule has 0 rings (SSSR count). The molecule has 0 aromatic rings. The molecule has 3 heteroatoms. The van der Waals surface area contributed by atoms with Crippen LogP contribution in [0.15, 0.2) is 23.8 Å². The Kier molecular flexibility index (Phi) is 3.24. The van der Waals surface area contributed by atoms with Crippen molar-refractivity contribution in [3.63, 3.8) is 0 Å². The number of carbonyl (C=O) groups excluding carboxylic acids is 2. The molecular formula is C8H11NO2. The Morgan fingerprint density at radius 2 is 1.82 bits per heavy atom. The molecule has 0 aromatic heterocycles. The highest BCUT2D eigenvalue weighted by molar-refractivity contribution is 6.22. The first-order chi connectivity index (χ1) is 4.95. The maximum Gasteiger partial charge on any atom is 0.252 e. The lowest BCUT2D eigenvalue weighted by Crippen LogP contribution is -2.18. The number of primary amides is 1. The third-order valence-corrected chi connectivity index (χ3v) is 1.01. The van der Waals surface area contributed by atoms with E-state index in [-0.39, 0.29) is 5.57 Å². The van der Waals surface area contributed by atoms with Crippen LogP contribution in [0.2, 0.25) is 0 Å². The summed E-state index contributed by atoms with van der Waals surface area (Å²) in [5.74, 6) is -1.19. The molecule has 0 spiro atoms. The van der Waals surface area contributed by atoms with Gasteiger partial charge in [-0.25, -0.2) is 0 Å². The number of hydrogen-bond donors (Lipinski definition) is 1. The predicted octanol–water partition coefficient (Wildman–Crippen LogP) is 0.563. The molecule has 0 aliphatic rings. The van der Waals surface area contributed by atoms with Crippen molar-refractivity contribution in [2.75, 3.05) is 0 Å². The van der Waals surface area contributed by atoms with E-state index in [1.807, 2.05) is 0 Å². The Morgan fingerprint density at radius 3 is 2.09 bits per heavy atom. The first kappa shape index (κ1) is 9.62. The molecule has 0 bridgehead atoms. The molecule has 2 N–H and O–H groups in total. The number of allylic oxidation sites excluding steroid dienone is 2. The van der Waals surface area contributed by atoms with Crippen LogP contribution in [0.1, 0.15) is 13.8 Å². The number of nitrogens with two attached hydrogens (primary N) is 1. The molecule has 0 radical (unpaired) electrons. The van der Waals surface area contributed by atoms with Crippen molar-refractivity contribution < 1.29 is 9.59 Å². The van der Waals surface area contributed by atoms with Crippen LogP contribution in [0, 0.1) is 0 Å².